The van der Waals surface area contributed by atoms with Crippen molar-refractivity contribution in [3.8, 4) is 5.75 Å². The van der Waals surface area contributed by atoms with E-state index in [4.69, 9.17) is 4.74 Å². The third-order valence-corrected chi connectivity index (χ3v) is 2.87. The lowest BCUT2D eigenvalue weighted by Gasteiger charge is -2.14. The van der Waals surface area contributed by atoms with E-state index in [0.717, 1.165) is 18.1 Å². The van der Waals surface area contributed by atoms with Gasteiger partial charge in [0.25, 0.3) is 0 Å². The van der Waals surface area contributed by atoms with Gasteiger partial charge in [-0.3, -0.25) is 0 Å². The Labute approximate surface area is 114 Å². The molecule has 0 fully saturated rings. The second-order valence-electron chi connectivity index (χ2n) is 4.68. The number of rotatable bonds is 6. The smallest absolute Gasteiger partial charge is 0.125 e. The van der Waals surface area contributed by atoms with Crippen LogP contribution in [0.3, 0.4) is 0 Å². The Morgan fingerprint density at radius 1 is 1.11 bits per heavy atom. The summed E-state index contributed by atoms with van der Waals surface area (Å²) in [5.41, 5.74) is 1.25. The van der Waals surface area contributed by atoms with E-state index in [2.05, 4.69) is 30.2 Å². The lowest BCUT2D eigenvalue weighted by atomic mass is 10.0. The second kappa shape index (κ2) is 6.78. The molecule has 19 heavy (non-hydrogen) atoms. The Morgan fingerprint density at radius 2 is 1.89 bits per heavy atom. The highest BCUT2D eigenvalue weighted by atomic mass is 16.5. The molecule has 0 aliphatic carbocycles. The van der Waals surface area contributed by atoms with Gasteiger partial charge in [-0.25, -0.2) is 4.98 Å². The van der Waals surface area contributed by atoms with E-state index in [1.54, 1.807) is 6.20 Å². The largest absolute Gasteiger partial charge is 0.491 e. The summed E-state index contributed by atoms with van der Waals surface area (Å²) < 4.78 is 5.83. The second-order valence-corrected chi connectivity index (χ2v) is 4.68. The van der Waals surface area contributed by atoms with Crippen LogP contribution in [0.15, 0.2) is 48.7 Å². The molecule has 3 nitrogen and oxygen atoms in total. The maximum absolute atomic E-state index is 5.83. The van der Waals surface area contributed by atoms with Crippen LogP contribution in [0.5, 0.6) is 5.75 Å². The average Bonchev–Trinajstić information content (AvgIpc) is 2.45. The Hall–Kier alpha value is -2.03. The first kappa shape index (κ1) is 13.4. The number of aromatic nitrogens is 1. The monoisotopic (exact) mass is 256 g/mol. The molecule has 0 atom stereocenters. The highest BCUT2D eigenvalue weighted by Crippen LogP contribution is 2.25. The molecule has 0 amide bonds. The Kier molecular flexibility index (Phi) is 4.78. The molecule has 0 spiro atoms. The first-order valence-corrected chi connectivity index (χ1v) is 6.64. The SMILES string of the molecule is CC(C)c1ccccc1OCCNc1ccccn1. The number of benzene rings is 1. The molecular formula is C16H20N2O. The predicted molar refractivity (Wildman–Crippen MR) is 78.8 cm³/mol. The van der Waals surface area contributed by atoms with E-state index >= 15 is 0 Å². The van der Waals surface area contributed by atoms with Crippen molar-refractivity contribution in [1.82, 2.24) is 4.98 Å². The van der Waals surface area contributed by atoms with E-state index in [1.165, 1.54) is 5.56 Å². The molecule has 1 aromatic heterocycles. The first-order chi connectivity index (χ1) is 9.27. The van der Waals surface area contributed by atoms with Crippen LogP contribution in [0.1, 0.15) is 25.3 Å². The van der Waals surface area contributed by atoms with Crippen molar-refractivity contribution < 1.29 is 4.74 Å². The zero-order valence-electron chi connectivity index (χ0n) is 11.5. The van der Waals surface area contributed by atoms with Crippen molar-refractivity contribution in [3.63, 3.8) is 0 Å². The van der Waals surface area contributed by atoms with E-state index < -0.39 is 0 Å². The van der Waals surface area contributed by atoms with Gasteiger partial charge >= 0.3 is 0 Å². The maximum Gasteiger partial charge on any atom is 0.125 e. The van der Waals surface area contributed by atoms with Crippen LogP contribution < -0.4 is 10.1 Å². The minimum Gasteiger partial charge on any atom is -0.491 e. The van der Waals surface area contributed by atoms with Crippen molar-refractivity contribution in [2.45, 2.75) is 19.8 Å². The number of hydrogen-bond acceptors (Lipinski definition) is 3. The summed E-state index contributed by atoms with van der Waals surface area (Å²) in [4.78, 5) is 4.20. The van der Waals surface area contributed by atoms with Gasteiger partial charge in [-0.2, -0.15) is 0 Å². The molecule has 1 aromatic carbocycles. The van der Waals surface area contributed by atoms with Crippen LogP contribution in [0.25, 0.3) is 0 Å². The number of ether oxygens (including phenoxy) is 1. The summed E-state index contributed by atoms with van der Waals surface area (Å²) in [6.45, 7) is 5.71. The number of nitrogens with one attached hydrogen (secondary N) is 1. The van der Waals surface area contributed by atoms with Crippen molar-refractivity contribution in [2.75, 3.05) is 18.5 Å². The maximum atomic E-state index is 5.83. The van der Waals surface area contributed by atoms with E-state index in [-0.39, 0.29) is 0 Å². The first-order valence-electron chi connectivity index (χ1n) is 6.64. The predicted octanol–water partition coefficient (Wildman–Crippen LogP) is 3.70. The van der Waals surface area contributed by atoms with E-state index in [9.17, 15) is 0 Å². The van der Waals surface area contributed by atoms with Crippen molar-refractivity contribution in [2.24, 2.45) is 0 Å². The lowest BCUT2D eigenvalue weighted by Crippen LogP contribution is -2.13. The summed E-state index contributed by atoms with van der Waals surface area (Å²) in [6.07, 6.45) is 1.78. The molecule has 2 rings (SSSR count). The Balaban J connectivity index is 1.83. The molecule has 0 aliphatic rings. The van der Waals surface area contributed by atoms with Gasteiger partial charge in [0, 0.05) is 6.20 Å². The summed E-state index contributed by atoms with van der Waals surface area (Å²) in [7, 11) is 0. The van der Waals surface area contributed by atoms with Gasteiger partial charge in [0.2, 0.25) is 0 Å². The molecule has 3 heteroatoms. The number of nitrogens with zero attached hydrogens (tertiary/aromatic N) is 1. The van der Waals surface area contributed by atoms with Crippen LogP contribution in [0.4, 0.5) is 5.82 Å². The molecule has 0 saturated carbocycles. The van der Waals surface area contributed by atoms with Gasteiger partial charge in [0.1, 0.15) is 18.2 Å². The molecule has 1 heterocycles. The molecule has 100 valence electrons. The average molecular weight is 256 g/mol. The number of pyridine rings is 1. The van der Waals surface area contributed by atoms with Gasteiger partial charge in [0.05, 0.1) is 6.54 Å². The third kappa shape index (κ3) is 3.98. The molecule has 1 N–H and O–H groups in total. The quantitative estimate of drug-likeness (QED) is 0.800. The van der Waals surface area contributed by atoms with Gasteiger partial charge in [-0.05, 0) is 29.7 Å². The van der Waals surface area contributed by atoms with Gasteiger partial charge in [-0.1, -0.05) is 38.1 Å². The highest BCUT2D eigenvalue weighted by molar-refractivity contribution is 5.36. The fraction of sp³-hybridized carbons (Fsp3) is 0.312. The molecular weight excluding hydrogens is 236 g/mol. The summed E-state index contributed by atoms with van der Waals surface area (Å²) in [5.74, 6) is 2.32. The van der Waals surface area contributed by atoms with Crippen LogP contribution in [0.2, 0.25) is 0 Å². The van der Waals surface area contributed by atoms with Crippen LogP contribution >= 0.6 is 0 Å². The molecule has 0 unspecified atom stereocenters. The number of hydrogen-bond donors (Lipinski definition) is 1. The van der Waals surface area contributed by atoms with Crippen molar-refractivity contribution in [3.05, 3.63) is 54.2 Å². The van der Waals surface area contributed by atoms with E-state index in [1.807, 2.05) is 36.4 Å². The Bertz CT molecular complexity index is 497. The van der Waals surface area contributed by atoms with Crippen LogP contribution in [-0.4, -0.2) is 18.1 Å². The molecule has 2 aromatic rings. The van der Waals surface area contributed by atoms with Crippen molar-refractivity contribution >= 4 is 5.82 Å². The van der Waals surface area contributed by atoms with Gasteiger partial charge in [0.15, 0.2) is 0 Å². The van der Waals surface area contributed by atoms with Gasteiger partial charge in [-0.15, -0.1) is 0 Å². The molecule has 0 aliphatic heterocycles. The number of anilines is 1. The zero-order valence-corrected chi connectivity index (χ0v) is 11.5. The minimum atomic E-state index is 0.472. The highest BCUT2D eigenvalue weighted by Gasteiger charge is 2.06. The summed E-state index contributed by atoms with van der Waals surface area (Å²) >= 11 is 0. The van der Waals surface area contributed by atoms with Crippen molar-refractivity contribution in [1.29, 1.82) is 0 Å². The summed E-state index contributed by atoms with van der Waals surface area (Å²) in [5, 5.41) is 3.23. The zero-order chi connectivity index (χ0) is 13.5. The molecule has 0 saturated heterocycles. The van der Waals surface area contributed by atoms with Crippen LogP contribution in [0, 0.1) is 0 Å². The number of para-hydroxylation sites is 1. The normalized spacial score (nSPS) is 10.5. The molecule has 0 radical (unpaired) electrons. The minimum absolute atomic E-state index is 0.472. The van der Waals surface area contributed by atoms with Gasteiger partial charge < -0.3 is 10.1 Å². The Morgan fingerprint density at radius 3 is 2.63 bits per heavy atom. The topological polar surface area (TPSA) is 34.1 Å². The molecule has 0 bridgehead atoms. The summed E-state index contributed by atoms with van der Waals surface area (Å²) in [6, 6.07) is 14.0. The standard InChI is InChI=1S/C16H20N2O/c1-13(2)14-7-3-4-8-15(14)19-12-11-18-16-9-5-6-10-17-16/h3-10,13H,11-12H2,1-2H3,(H,17,18). The fourth-order valence-corrected chi connectivity index (χ4v) is 1.90. The van der Waals surface area contributed by atoms with Crippen LogP contribution in [-0.2, 0) is 0 Å². The third-order valence-electron chi connectivity index (χ3n) is 2.87. The fourth-order valence-electron chi connectivity index (χ4n) is 1.90. The lowest BCUT2D eigenvalue weighted by molar-refractivity contribution is 0.328. The van der Waals surface area contributed by atoms with E-state index in [0.29, 0.717) is 12.5 Å².